The van der Waals surface area contributed by atoms with Crippen molar-refractivity contribution in [2.75, 3.05) is 25.6 Å². The Kier molecular flexibility index (Phi) is 5.28. The van der Waals surface area contributed by atoms with Crippen molar-refractivity contribution < 1.29 is 4.79 Å². The largest absolute Gasteiger partial charge is 0.341 e. The number of aromatic nitrogens is 1. The molecular weight excluding hydrogens is 222 g/mol. The monoisotopic (exact) mass is 239 g/mol. The summed E-state index contributed by atoms with van der Waals surface area (Å²) in [5.41, 5.74) is 6.88. The lowest BCUT2D eigenvalue weighted by atomic mass is 10.2. The van der Waals surface area contributed by atoms with Crippen LogP contribution in [-0.4, -0.2) is 41.4 Å². The van der Waals surface area contributed by atoms with E-state index in [0.29, 0.717) is 12.1 Å². The molecule has 0 aliphatic heterocycles. The maximum absolute atomic E-state index is 12.0. The van der Waals surface area contributed by atoms with Crippen LogP contribution in [0.25, 0.3) is 0 Å². The molecule has 1 heterocycles. The third-order valence-electron chi connectivity index (χ3n) is 2.25. The molecule has 0 aliphatic rings. The third kappa shape index (κ3) is 3.50. The van der Waals surface area contributed by atoms with Crippen LogP contribution < -0.4 is 5.73 Å². The van der Waals surface area contributed by atoms with E-state index >= 15 is 0 Å². The third-order valence-corrected chi connectivity index (χ3v) is 2.84. The van der Waals surface area contributed by atoms with Gasteiger partial charge < -0.3 is 10.6 Å². The van der Waals surface area contributed by atoms with Gasteiger partial charge in [-0.25, -0.2) is 0 Å². The molecule has 0 bridgehead atoms. The zero-order chi connectivity index (χ0) is 12.0. The summed E-state index contributed by atoms with van der Waals surface area (Å²) in [7, 11) is 1.81. The summed E-state index contributed by atoms with van der Waals surface area (Å²) in [5.74, 6) is 0.961. The van der Waals surface area contributed by atoms with E-state index in [2.05, 4.69) is 4.98 Å². The molecule has 2 N–H and O–H groups in total. The van der Waals surface area contributed by atoms with Crippen molar-refractivity contribution in [2.45, 2.75) is 6.54 Å². The number of carbonyl (C=O) groups excluding carboxylic acids is 1. The molecule has 0 radical (unpaired) electrons. The van der Waals surface area contributed by atoms with Crippen molar-refractivity contribution >= 4 is 17.7 Å². The van der Waals surface area contributed by atoms with Gasteiger partial charge in [0.1, 0.15) is 0 Å². The number of thioether (sulfide) groups is 1. The quantitative estimate of drug-likeness (QED) is 0.832. The minimum absolute atomic E-state index is 0.0196. The molecule has 4 nitrogen and oxygen atoms in total. The summed E-state index contributed by atoms with van der Waals surface area (Å²) in [6.45, 7) is 1.11. The van der Waals surface area contributed by atoms with E-state index in [9.17, 15) is 4.79 Å². The normalized spacial score (nSPS) is 10.2. The van der Waals surface area contributed by atoms with E-state index in [0.717, 1.165) is 18.0 Å². The average molecular weight is 239 g/mol. The standard InChI is InChI=1S/C11H17N3OS/c1-14(5-6-16-2)11(15)9-3-4-13-10(7-9)8-12/h3-4,7H,5-6,8,12H2,1-2H3. The maximum Gasteiger partial charge on any atom is 0.253 e. The molecule has 1 aromatic rings. The highest BCUT2D eigenvalue weighted by atomic mass is 32.2. The Morgan fingerprint density at radius 2 is 2.38 bits per heavy atom. The van der Waals surface area contributed by atoms with Crippen molar-refractivity contribution in [3.63, 3.8) is 0 Å². The minimum atomic E-state index is 0.0196. The number of amides is 1. The summed E-state index contributed by atoms with van der Waals surface area (Å²) in [4.78, 5) is 17.7. The van der Waals surface area contributed by atoms with Gasteiger partial charge in [0.2, 0.25) is 0 Å². The van der Waals surface area contributed by atoms with Gasteiger partial charge in [0, 0.05) is 37.7 Å². The van der Waals surface area contributed by atoms with Gasteiger partial charge in [0.25, 0.3) is 5.91 Å². The molecule has 0 aromatic carbocycles. The fourth-order valence-electron chi connectivity index (χ4n) is 1.27. The van der Waals surface area contributed by atoms with Crippen molar-refractivity contribution in [2.24, 2.45) is 5.73 Å². The Hall–Kier alpha value is -1.07. The molecule has 16 heavy (non-hydrogen) atoms. The second-order valence-electron chi connectivity index (χ2n) is 3.46. The highest BCUT2D eigenvalue weighted by Gasteiger charge is 2.11. The number of nitrogens with zero attached hydrogens (tertiary/aromatic N) is 2. The Morgan fingerprint density at radius 1 is 1.62 bits per heavy atom. The smallest absolute Gasteiger partial charge is 0.253 e. The molecule has 0 saturated heterocycles. The summed E-state index contributed by atoms with van der Waals surface area (Å²) in [5, 5.41) is 0. The van der Waals surface area contributed by atoms with Crippen LogP contribution in [0.5, 0.6) is 0 Å². The maximum atomic E-state index is 12.0. The van der Waals surface area contributed by atoms with E-state index in [4.69, 9.17) is 5.73 Å². The Morgan fingerprint density at radius 3 is 3.00 bits per heavy atom. The summed E-state index contributed by atoms with van der Waals surface area (Å²) in [6.07, 6.45) is 3.65. The van der Waals surface area contributed by atoms with Gasteiger partial charge in [0.05, 0.1) is 5.69 Å². The van der Waals surface area contributed by atoms with Crippen molar-refractivity contribution in [1.29, 1.82) is 0 Å². The van der Waals surface area contributed by atoms with Crippen LogP contribution in [-0.2, 0) is 6.54 Å². The van der Waals surface area contributed by atoms with Gasteiger partial charge in [-0.2, -0.15) is 11.8 Å². The molecule has 1 amide bonds. The van der Waals surface area contributed by atoms with Crippen molar-refractivity contribution in [3.8, 4) is 0 Å². The number of carbonyl (C=O) groups is 1. The van der Waals surface area contributed by atoms with Gasteiger partial charge in [-0.05, 0) is 18.4 Å². The summed E-state index contributed by atoms with van der Waals surface area (Å²) in [6, 6.07) is 3.47. The molecule has 0 atom stereocenters. The second-order valence-corrected chi connectivity index (χ2v) is 4.45. The minimum Gasteiger partial charge on any atom is -0.341 e. The average Bonchev–Trinajstić information content (AvgIpc) is 2.35. The molecule has 0 fully saturated rings. The van der Waals surface area contributed by atoms with Gasteiger partial charge in [-0.15, -0.1) is 0 Å². The van der Waals surface area contributed by atoms with E-state index in [1.54, 1.807) is 42.0 Å². The van der Waals surface area contributed by atoms with Crippen molar-refractivity contribution in [3.05, 3.63) is 29.6 Å². The van der Waals surface area contributed by atoms with Gasteiger partial charge >= 0.3 is 0 Å². The van der Waals surface area contributed by atoms with Crippen LogP contribution in [0.4, 0.5) is 0 Å². The molecule has 1 rings (SSSR count). The molecule has 0 unspecified atom stereocenters. The fourth-order valence-corrected chi connectivity index (χ4v) is 1.73. The van der Waals surface area contributed by atoms with Crippen LogP contribution in [0, 0.1) is 0 Å². The molecule has 88 valence electrons. The molecule has 1 aromatic heterocycles. The Bertz CT molecular complexity index is 357. The summed E-state index contributed by atoms with van der Waals surface area (Å²) >= 11 is 1.72. The highest BCUT2D eigenvalue weighted by Crippen LogP contribution is 2.05. The van der Waals surface area contributed by atoms with Gasteiger partial charge in [-0.3, -0.25) is 9.78 Å². The van der Waals surface area contributed by atoms with Gasteiger partial charge in [-0.1, -0.05) is 0 Å². The van der Waals surface area contributed by atoms with Crippen LogP contribution in [0.2, 0.25) is 0 Å². The molecular formula is C11H17N3OS. The van der Waals surface area contributed by atoms with Crippen LogP contribution >= 0.6 is 11.8 Å². The number of pyridine rings is 1. The van der Waals surface area contributed by atoms with Crippen molar-refractivity contribution in [1.82, 2.24) is 9.88 Å². The first-order valence-corrected chi connectivity index (χ1v) is 6.47. The number of hydrogen-bond acceptors (Lipinski definition) is 4. The van der Waals surface area contributed by atoms with E-state index in [1.165, 1.54) is 0 Å². The van der Waals surface area contributed by atoms with Gasteiger partial charge in [0.15, 0.2) is 0 Å². The molecule has 0 aliphatic carbocycles. The number of nitrogens with two attached hydrogens (primary N) is 1. The summed E-state index contributed by atoms with van der Waals surface area (Å²) < 4.78 is 0. The van der Waals surface area contributed by atoms with Crippen LogP contribution in [0.3, 0.4) is 0 Å². The first-order chi connectivity index (χ1) is 7.69. The van der Waals surface area contributed by atoms with Crippen LogP contribution in [0.1, 0.15) is 16.1 Å². The molecule has 5 heteroatoms. The van der Waals surface area contributed by atoms with E-state index in [1.807, 2.05) is 6.26 Å². The number of hydrogen-bond donors (Lipinski definition) is 1. The SMILES string of the molecule is CSCCN(C)C(=O)c1ccnc(CN)c1. The first-order valence-electron chi connectivity index (χ1n) is 5.08. The van der Waals surface area contributed by atoms with E-state index < -0.39 is 0 Å². The topological polar surface area (TPSA) is 59.2 Å². The predicted octanol–water partition coefficient (Wildman–Crippen LogP) is 0.975. The Balaban J connectivity index is 2.71. The first kappa shape index (κ1) is 13.0. The number of rotatable bonds is 5. The second kappa shape index (κ2) is 6.50. The molecule has 0 saturated carbocycles. The highest BCUT2D eigenvalue weighted by molar-refractivity contribution is 7.98. The molecule has 0 spiro atoms. The lowest BCUT2D eigenvalue weighted by Crippen LogP contribution is -2.29. The van der Waals surface area contributed by atoms with Crippen LogP contribution in [0.15, 0.2) is 18.3 Å². The lowest BCUT2D eigenvalue weighted by Gasteiger charge is -2.16. The predicted molar refractivity (Wildman–Crippen MR) is 67.5 cm³/mol. The lowest BCUT2D eigenvalue weighted by molar-refractivity contribution is 0.0803. The van der Waals surface area contributed by atoms with E-state index in [-0.39, 0.29) is 5.91 Å². The zero-order valence-corrected chi connectivity index (χ0v) is 10.5. The fraction of sp³-hybridized carbons (Fsp3) is 0.455. The Labute approximate surface area is 100 Å². The zero-order valence-electron chi connectivity index (χ0n) is 9.64.